The number of nitrogens with one attached hydrogen (secondary N) is 1. The zero-order chi connectivity index (χ0) is 14.7. The van der Waals surface area contributed by atoms with Gasteiger partial charge in [0.05, 0.1) is 13.1 Å². The first-order valence-corrected chi connectivity index (χ1v) is 6.84. The lowest BCUT2D eigenvalue weighted by Crippen LogP contribution is -2.36. The van der Waals surface area contributed by atoms with Crippen molar-refractivity contribution < 1.29 is 9.53 Å². The molecule has 0 atom stereocenters. The minimum Gasteiger partial charge on any atom is -0.491 e. The van der Waals surface area contributed by atoms with Crippen molar-refractivity contribution in [2.24, 2.45) is 0 Å². The molecule has 0 fully saturated rings. The molecule has 0 saturated heterocycles. The molecule has 108 valence electrons. The summed E-state index contributed by atoms with van der Waals surface area (Å²) in [5.41, 5.74) is 8.05. The molecule has 5 nitrogen and oxygen atoms in total. The molecule has 1 aliphatic heterocycles. The highest BCUT2D eigenvalue weighted by atomic mass is 16.5. The van der Waals surface area contributed by atoms with Gasteiger partial charge < -0.3 is 20.7 Å². The molecule has 0 saturated carbocycles. The molecule has 3 N–H and O–H groups in total. The van der Waals surface area contributed by atoms with Gasteiger partial charge in [0, 0.05) is 16.9 Å². The zero-order valence-electron chi connectivity index (χ0n) is 11.6. The first-order chi connectivity index (χ1) is 10.2. The molecule has 0 aromatic heterocycles. The fourth-order valence-electron chi connectivity index (χ4n) is 2.27. The van der Waals surface area contributed by atoms with E-state index in [1.54, 1.807) is 29.2 Å². The maximum absolute atomic E-state index is 12.3. The number of nitrogen functional groups attached to an aromatic ring is 1. The van der Waals surface area contributed by atoms with Crippen molar-refractivity contribution in [3.63, 3.8) is 0 Å². The van der Waals surface area contributed by atoms with E-state index < -0.39 is 0 Å². The fraction of sp³-hybridized carbons (Fsp3) is 0.188. The number of carbonyl (C=O) groups excluding carboxylic acids is 1. The van der Waals surface area contributed by atoms with Crippen molar-refractivity contribution in [3.8, 4) is 5.75 Å². The highest BCUT2D eigenvalue weighted by Gasteiger charge is 2.19. The standard InChI is InChI=1S/C16H17N3O2/c17-13-5-7-14(8-6-13)18-16(20)19-9-10-21-15-4-2-1-3-12(15)11-19/h1-8H,9-11,17H2,(H,18,20). The van der Waals surface area contributed by atoms with E-state index in [0.717, 1.165) is 17.0 Å². The summed E-state index contributed by atoms with van der Waals surface area (Å²) >= 11 is 0. The molecule has 0 aliphatic carbocycles. The summed E-state index contributed by atoms with van der Waals surface area (Å²) in [6.45, 7) is 1.58. The van der Waals surface area contributed by atoms with E-state index in [2.05, 4.69) is 5.32 Å². The van der Waals surface area contributed by atoms with E-state index in [1.807, 2.05) is 24.3 Å². The Morgan fingerprint density at radius 2 is 1.90 bits per heavy atom. The number of hydrogen-bond donors (Lipinski definition) is 2. The van der Waals surface area contributed by atoms with E-state index >= 15 is 0 Å². The maximum atomic E-state index is 12.3. The zero-order valence-corrected chi connectivity index (χ0v) is 11.6. The minimum atomic E-state index is -0.139. The molecule has 2 amide bonds. The third-order valence-corrected chi connectivity index (χ3v) is 3.40. The smallest absolute Gasteiger partial charge is 0.322 e. The predicted molar refractivity (Wildman–Crippen MR) is 82.2 cm³/mol. The Kier molecular flexibility index (Phi) is 3.64. The van der Waals surface area contributed by atoms with Crippen molar-refractivity contribution in [2.75, 3.05) is 24.2 Å². The second kappa shape index (κ2) is 5.75. The van der Waals surface area contributed by atoms with Crippen molar-refractivity contribution in [1.82, 2.24) is 4.90 Å². The Labute approximate surface area is 123 Å². The van der Waals surface area contributed by atoms with Gasteiger partial charge in [-0.25, -0.2) is 4.79 Å². The minimum absolute atomic E-state index is 0.139. The van der Waals surface area contributed by atoms with Crippen LogP contribution in [0.4, 0.5) is 16.2 Å². The number of benzene rings is 2. The van der Waals surface area contributed by atoms with E-state index in [-0.39, 0.29) is 6.03 Å². The lowest BCUT2D eigenvalue weighted by Gasteiger charge is -2.20. The van der Waals surface area contributed by atoms with Crippen LogP contribution in [0.3, 0.4) is 0 Å². The van der Waals surface area contributed by atoms with Crippen LogP contribution in [0.15, 0.2) is 48.5 Å². The highest BCUT2D eigenvalue weighted by molar-refractivity contribution is 5.89. The van der Waals surface area contributed by atoms with E-state index in [0.29, 0.717) is 25.4 Å². The topological polar surface area (TPSA) is 67.6 Å². The molecule has 2 aromatic rings. The summed E-state index contributed by atoms with van der Waals surface area (Å²) < 4.78 is 5.66. The van der Waals surface area contributed by atoms with Crippen LogP contribution in [-0.4, -0.2) is 24.1 Å². The Bertz CT molecular complexity index is 640. The van der Waals surface area contributed by atoms with Crippen LogP contribution in [0.25, 0.3) is 0 Å². The molecule has 0 spiro atoms. The van der Waals surface area contributed by atoms with Crippen LogP contribution in [0.1, 0.15) is 5.56 Å². The number of amides is 2. The summed E-state index contributed by atoms with van der Waals surface area (Å²) in [5, 5.41) is 2.87. The van der Waals surface area contributed by atoms with Crippen LogP contribution in [0.2, 0.25) is 0 Å². The summed E-state index contributed by atoms with van der Waals surface area (Å²) in [6, 6.07) is 14.7. The molecule has 3 rings (SSSR count). The van der Waals surface area contributed by atoms with Gasteiger partial charge in [-0.3, -0.25) is 0 Å². The highest BCUT2D eigenvalue weighted by Crippen LogP contribution is 2.23. The van der Waals surface area contributed by atoms with Crippen molar-refractivity contribution in [3.05, 3.63) is 54.1 Å². The molecule has 0 bridgehead atoms. The molecular formula is C16H17N3O2. The molecule has 2 aromatic carbocycles. The van der Waals surface area contributed by atoms with Gasteiger partial charge in [-0.15, -0.1) is 0 Å². The van der Waals surface area contributed by atoms with Gasteiger partial charge in [0.1, 0.15) is 12.4 Å². The number of hydrogen-bond acceptors (Lipinski definition) is 3. The fourth-order valence-corrected chi connectivity index (χ4v) is 2.27. The normalized spacial score (nSPS) is 13.8. The van der Waals surface area contributed by atoms with Gasteiger partial charge in [0.25, 0.3) is 0 Å². The van der Waals surface area contributed by atoms with Gasteiger partial charge in [-0.1, -0.05) is 18.2 Å². The van der Waals surface area contributed by atoms with Crippen molar-refractivity contribution in [1.29, 1.82) is 0 Å². The van der Waals surface area contributed by atoms with Crippen LogP contribution in [0, 0.1) is 0 Å². The third-order valence-electron chi connectivity index (χ3n) is 3.40. The Morgan fingerprint density at radius 3 is 2.71 bits per heavy atom. The largest absolute Gasteiger partial charge is 0.491 e. The SMILES string of the molecule is Nc1ccc(NC(=O)N2CCOc3ccccc3C2)cc1. The number of ether oxygens (including phenoxy) is 1. The average molecular weight is 283 g/mol. The quantitative estimate of drug-likeness (QED) is 0.791. The van der Waals surface area contributed by atoms with Crippen molar-refractivity contribution in [2.45, 2.75) is 6.54 Å². The average Bonchev–Trinajstić information content (AvgIpc) is 2.72. The number of rotatable bonds is 1. The van der Waals surface area contributed by atoms with Gasteiger partial charge in [-0.2, -0.15) is 0 Å². The summed E-state index contributed by atoms with van der Waals surface area (Å²) in [6.07, 6.45) is 0. The number of para-hydroxylation sites is 1. The predicted octanol–water partition coefficient (Wildman–Crippen LogP) is 2.70. The molecule has 1 heterocycles. The molecule has 0 unspecified atom stereocenters. The van der Waals surface area contributed by atoms with Gasteiger partial charge in [0.15, 0.2) is 0 Å². The number of fused-ring (bicyclic) bond motifs is 1. The molecule has 21 heavy (non-hydrogen) atoms. The van der Waals surface area contributed by atoms with Crippen LogP contribution in [0.5, 0.6) is 5.75 Å². The second-order valence-electron chi connectivity index (χ2n) is 4.93. The van der Waals surface area contributed by atoms with Crippen LogP contribution in [-0.2, 0) is 6.54 Å². The van der Waals surface area contributed by atoms with E-state index in [4.69, 9.17) is 10.5 Å². The molecular weight excluding hydrogens is 266 g/mol. The number of urea groups is 1. The monoisotopic (exact) mass is 283 g/mol. The van der Waals surface area contributed by atoms with E-state index in [9.17, 15) is 4.79 Å². The first kappa shape index (κ1) is 13.3. The van der Waals surface area contributed by atoms with Gasteiger partial charge in [0.2, 0.25) is 0 Å². The maximum Gasteiger partial charge on any atom is 0.322 e. The van der Waals surface area contributed by atoms with Crippen LogP contribution >= 0.6 is 0 Å². The Hall–Kier alpha value is -2.69. The van der Waals surface area contributed by atoms with Gasteiger partial charge in [-0.05, 0) is 30.3 Å². The molecule has 0 radical (unpaired) electrons. The first-order valence-electron chi connectivity index (χ1n) is 6.84. The van der Waals surface area contributed by atoms with Crippen molar-refractivity contribution >= 4 is 17.4 Å². The van der Waals surface area contributed by atoms with Gasteiger partial charge >= 0.3 is 6.03 Å². The Balaban J connectivity index is 1.71. The lowest BCUT2D eigenvalue weighted by molar-refractivity contribution is 0.200. The number of anilines is 2. The second-order valence-corrected chi connectivity index (χ2v) is 4.93. The number of nitrogens with two attached hydrogens (primary N) is 1. The van der Waals surface area contributed by atoms with Crippen LogP contribution < -0.4 is 15.8 Å². The number of carbonyl (C=O) groups is 1. The Morgan fingerprint density at radius 1 is 1.14 bits per heavy atom. The summed E-state index contributed by atoms with van der Waals surface area (Å²) in [5.74, 6) is 0.847. The lowest BCUT2D eigenvalue weighted by atomic mass is 10.2. The third kappa shape index (κ3) is 3.08. The summed E-state index contributed by atoms with van der Waals surface area (Å²) in [4.78, 5) is 14.1. The summed E-state index contributed by atoms with van der Waals surface area (Å²) in [7, 11) is 0. The number of nitrogens with zero attached hydrogens (tertiary/aromatic N) is 1. The molecule has 5 heteroatoms. The molecule has 1 aliphatic rings. The van der Waals surface area contributed by atoms with E-state index in [1.165, 1.54) is 0 Å².